The second kappa shape index (κ2) is 11.6. The average Bonchev–Trinajstić information content (AvgIpc) is 3.94. The molecular weight excluding hydrogens is 673 g/mol. The van der Waals surface area contributed by atoms with Crippen molar-refractivity contribution >= 4 is 76.4 Å². The quantitative estimate of drug-likeness (QED) is 0.171. The van der Waals surface area contributed by atoms with Crippen molar-refractivity contribution in [2.45, 2.75) is 0 Å². The Bertz CT molecular complexity index is 3420. The lowest BCUT2D eigenvalue weighted by molar-refractivity contribution is 0.631. The molecule has 0 bridgehead atoms. The van der Waals surface area contributed by atoms with Gasteiger partial charge in [-0.15, -0.1) is 0 Å². The summed E-state index contributed by atoms with van der Waals surface area (Å²) >= 11 is 0. The highest BCUT2D eigenvalue weighted by Crippen LogP contribution is 2.48. The maximum Gasteiger partial charge on any atom is 0.147 e. The Kier molecular flexibility index (Phi) is 6.34. The fourth-order valence-corrected chi connectivity index (χ4v) is 8.88. The molecule has 0 amide bonds. The van der Waals surface area contributed by atoms with Crippen LogP contribution in [-0.4, -0.2) is 0 Å². The molecule has 0 atom stereocenters. The van der Waals surface area contributed by atoms with Crippen molar-refractivity contribution in [3.05, 3.63) is 182 Å². The minimum absolute atomic E-state index is 0.804. The standard InChI is InChI=1S/C52H30O3/c1-3-13-31(14-4-1)49-50-46(55-51(49)32-15-5-2-6-16-32)28-25-40-42-30-34(24-27-45(42)54-52(40)50)48-38-20-9-7-18-36(38)47(37-19-8-10-21-39(37)48)33-23-26-44-41(29-33)35-17-11-12-22-43(35)53-44/h1-30H. The van der Waals surface area contributed by atoms with Crippen LogP contribution in [0.2, 0.25) is 0 Å². The van der Waals surface area contributed by atoms with E-state index in [1.165, 1.54) is 38.2 Å². The Morgan fingerprint density at radius 1 is 0.255 bits per heavy atom. The van der Waals surface area contributed by atoms with Gasteiger partial charge in [0.25, 0.3) is 0 Å². The summed E-state index contributed by atoms with van der Waals surface area (Å²) in [7, 11) is 0. The molecule has 9 aromatic carbocycles. The Hall–Kier alpha value is -7.36. The molecule has 55 heavy (non-hydrogen) atoms. The largest absolute Gasteiger partial charge is 0.456 e. The van der Waals surface area contributed by atoms with E-state index in [2.05, 4.69) is 158 Å². The smallest absolute Gasteiger partial charge is 0.147 e. The molecule has 3 nitrogen and oxygen atoms in total. The molecule has 0 fully saturated rings. The lowest BCUT2D eigenvalue weighted by Gasteiger charge is -2.17. The summed E-state index contributed by atoms with van der Waals surface area (Å²) in [5.41, 5.74) is 12.2. The zero-order chi connectivity index (χ0) is 36.0. The SMILES string of the molecule is c1ccc(-c2oc3ccc4c5cc(-c6c7ccccc7c(-c7ccc8oc9ccccc9c8c7)c7ccccc67)ccc5oc4c3c2-c2ccccc2)cc1. The third kappa shape index (κ3) is 4.44. The predicted octanol–water partition coefficient (Wildman–Crippen LogP) is 15.2. The van der Waals surface area contributed by atoms with Crippen molar-refractivity contribution in [2.24, 2.45) is 0 Å². The highest BCUT2D eigenvalue weighted by Gasteiger charge is 2.24. The lowest BCUT2D eigenvalue weighted by Crippen LogP contribution is -1.90. The zero-order valence-corrected chi connectivity index (χ0v) is 29.5. The van der Waals surface area contributed by atoms with Gasteiger partial charge in [-0.05, 0) is 91.8 Å². The van der Waals surface area contributed by atoms with Crippen molar-refractivity contribution in [2.75, 3.05) is 0 Å². The lowest BCUT2D eigenvalue weighted by atomic mass is 9.85. The maximum atomic E-state index is 6.81. The molecule has 0 saturated carbocycles. The second-order valence-electron chi connectivity index (χ2n) is 14.3. The second-order valence-corrected chi connectivity index (χ2v) is 14.3. The van der Waals surface area contributed by atoms with Crippen LogP contribution in [0.1, 0.15) is 0 Å². The van der Waals surface area contributed by atoms with Crippen LogP contribution in [0, 0.1) is 0 Å². The number of hydrogen-bond acceptors (Lipinski definition) is 3. The monoisotopic (exact) mass is 702 g/mol. The normalized spacial score (nSPS) is 12.0. The van der Waals surface area contributed by atoms with Crippen LogP contribution in [0.25, 0.3) is 121 Å². The zero-order valence-electron chi connectivity index (χ0n) is 29.5. The summed E-state index contributed by atoms with van der Waals surface area (Å²) < 4.78 is 19.7. The van der Waals surface area contributed by atoms with E-state index in [-0.39, 0.29) is 0 Å². The number of fused-ring (bicyclic) bond motifs is 10. The highest BCUT2D eigenvalue weighted by molar-refractivity contribution is 6.24. The molecule has 0 spiro atoms. The van der Waals surface area contributed by atoms with Crippen LogP contribution in [0.15, 0.2) is 195 Å². The third-order valence-electron chi connectivity index (χ3n) is 11.3. The molecule has 12 rings (SSSR count). The summed E-state index contributed by atoms with van der Waals surface area (Å²) in [6.07, 6.45) is 0. The van der Waals surface area contributed by atoms with Gasteiger partial charge in [-0.25, -0.2) is 0 Å². The first-order chi connectivity index (χ1) is 27.3. The molecule has 0 aliphatic carbocycles. The Balaban J connectivity index is 1.11. The number of para-hydroxylation sites is 1. The summed E-state index contributed by atoms with van der Waals surface area (Å²) in [5.74, 6) is 0.841. The van der Waals surface area contributed by atoms with Crippen molar-refractivity contribution < 1.29 is 13.3 Å². The van der Waals surface area contributed by atoms with Gasteiger partial charge in [0.1, 0.15) is 33.7 Å². The van der Waals surface area contributed by atoms with Crippen LogP contribution in [0.4, 0.5) is 0 Å². The third-order valence-corrected chi connectivity index (χ3v) is 11.3. The van der Waals surface area contributed by atoms with Crippen LogP contribution in [-0.2, 0) is 0 Å². The minimum atomic E-state index is 0.804. The molecule has 0 unspecified atom stereocenters. The summed E-state index contributed by atoms with van der Waals surface area (Å²) in [5, 5.41) is 10.2. The first-order valence-electron chi connectivity index (χ1n) is 18.7. The number of rotatable bonds is 4. The van der Waals surface area contributed by atoms with Crippen LogP contribution < -0.4 is 0 Å². The van der Waals surface area contributed by atoms with E-state index in [9.17, 15) is 0 Å². The Labute approximate surface area is 315 Å². The van der Waals surface area contributed by atoms with Gasteiger partial charge in [-0.3, -0.25) is 0 Å². The first kappa shape index (κ1) is 30.1. The fraction of sp³-hybridized carbons (Fsp3) is 0. The summed E-state index contributed by atoms with van der Waals surface area (Å²) in [6, 6.07) is 64.2. The fourth-order valence-electron chi connectivity index (χ4n) is 8.88. The molecule has 0 radical (unpaired) electrons. The van der Waals surface area contributed by atoms with Gasteiger partial charge in [0.05, 0.1) is 5.39 Å². The van der Waals surface area contributed by atoms with Gasteiger partial charge < -0.3 is 13.3 Å². The molecule has 3 aromatic heterocycles. The van der Waals surface area contributed by atoms with Crippen LogP contribution in [0.5, 0.6) is 0 Å². The van der Waals surface area contributed by atoms with E-state index in [4.69, 9.17) is 13.3 Å². The average molecular weight is 703 g/mol. The van der Waals surface area contributed by atoms with Gasteiger partial charge in [0.2, 0.25) is 0 Å². The van der Waals surface area contributed by atoms with Crippen LogP contribution in [0.3, 0.4) is 0 Å². The van der Waals surface area contributed by atoms with E-state index >= 15 is 0 Å². The van der Waals surface area contributed by atoms with Crippen molar-refractivity contribution in [3.63, 3.8) is 0 Å². The van der Waals surface area contributed by atoms with Gasteiger partial charge >= 0.3 is 0 Å². The topological polar surface area (TPSA) is 39.4 Å². The van der Waals surface area contributed by atoms with E-state index in [1.807, 2.05) is 24.3 Å². The first-order valence-corrected chi connectivity index (χ1v) is 18.7. The van der Waals surface area contributed by atoms with Gasteiger partial charge in [-0.1, -0.05) is 140 Å². The predicted molar refractivity (Wildman–Crippen MR) is 228 cm³/mol. The number of benzene rings is 9. The molecule has 0 aliphatic heterocycles. The highest BCUT2D eigenvalue weighted by atomic mass is 16.3. The molecule has 3 heteroatoms. The molecule has 0 N–H and O–H groups in total. The summed E-state index contributed by atoms with van der Waals surface area (Å²) in [6.45, 7) is 0. The van der Waals surface area contributed by atoms with Crippen molar-refractivity contribution in [1.29, 1.82) is 0 Å². The maximum absolute atomic E-state index is 6.81. The van der Waals surface area contributed by atoms with E-state index in [0.29, 0.717) is 0 Å². The van der Waals surface area contributed by atoms with Crippen LogP contribution >= 0.6 is 0 Å². The molecular formula is C52H30O3. The van der Waals surface area contributed by atoms with Gasteiger partial charge in [-0.2, -0.15) is 0 Å². The van der Waals surface area contributed by atoms with E-state index < -0.39 is 0 Å². The van der Waals surface area contributed by atoms with E-state index in [1.54, 1.807) is 0 Å². The Morgan fingerprint density at radius 2 is 0.727 bits per heavy atom. The number of furan rings is 3. The summed E-state index contributed by atoms with van der Waals surface area (Å²) in [4.78, 5) is 0. The van der Waals surface area contributed by atoms with Crippen molar-refractivity contribution in [3.8, 4) is 44.7 Å². The number of hydrogen-bond donors (Lipinski definition) is 0. The molecule has 256 valence electrons. The molecule has 3 heterocycles. The minimum Gasteiger partial charge on any atom is -0.456 e. The molecule has 0 saturated heterocycles. The Morgan fingerprint density at radius 3 is 1.35 bits per heavy atom. The van der Waals surface area contributed by atoms with Gasteiger partial charge in [0.15, 0.2) is 0 Å². The molecule has 0 aliphatic rings. The van der Waals surface area contributed by atoms with Gasteiger partial charge in [0, 0.05) is 32.7 Å². The van der Waals surface area contributed by atoms with E-state index in [0.717, 1.165) is 82.9 Å². The van der Waals surface area contributed by atoms with Crippen molar-refractivity contribution in [1.82, 2.24) is 0 Å². The molecule has 12 aromatic rings.